The van der Waals surface area contributed by atoms with E-state index in [1.807, 2.05) is 0 Å². The van der Waals surface area contributed by atoms with Crippen molar-refractivity contribution in [1.82, 2.24) is 25.6 Å². The minimum Gasteiger partial charge on any atom is -0.493 e. The predicted octanol–water partition coefficient (Wildman–Crippen LogP) is 3.83. The Kier molecular flexibility index (Phi) is 6.05. The van der Waals surface area contributed by atoms with E-state index < -0.39 is 11.7 Å². The molecule has 0 bridgehead atoms. The second-order valence-electron chi connectivity index (χ2n) is 7.71. The van der Waals surface area contributed by atoms with Crippen LogP contribution in [0.3, 0.4) is 0 Å². The molecule has 7 nitrogen and oxygen atoms in total. The van der Waals surface area contributed by atoms with Crippen LogP contribution in [0.1, 0.15) is 41.4 Å². The summed E-state index contributed by atoms with van der Waals surface area (Å²) in [7, 11) is 0. The van der Waals surface area contributed by atoms with E-state index in [2.05, 4.69) is 25.6 Å². The van der Waals surface area contributed by atoms with Crippen molar-refractivity contribution in [3.05, 3.63) is 41.3 Å². The van der Waals surface area contributed by atoms with Gasteiger partial charge in [0.15, 0.2) is 0 Å². The van der Waals surface area contributed by atoms with Gasteiger partial charge in [-0.1, -0.05) is 0 Å². The lowest BCUT2D eigenvalue weighted by molar-refractivity contribution is -0.137. The van der Waals surface area contributed by atoms with Gasteiger partial charge >= 0.3 is 6.18 Å². The third-order valence-corrected chi connectivity index (χ3v) is 5.53. The number of carbonyl (C=O) groups excluding carboxylic acids is 1. The molecule has 10 heteroatoms. The number of aromatic amines is 1. The molecule has 4 rings (SSSR count). The third kappa shape index (κ3) is 4.27. The van der Waals surface area contributed by atoms with Gasteiger partial charge in [0.2, 0.25) is 0 Å². The summed E-state index contributed by atoms with van der Waals surface area (Å²) in [5.74, 6) is 0.00725. The standard InChI is InChI=1S/C22H24F3N5O2/c1-3-32-16-5-4-13(22(23,24)25)10-15(16)18-20-19(28-11-27-18)17(12(2)29-20)21(31)30-14-6-8-26-9-7-14/h4-5,10-11,14,26,29H,3,6-9H2,1-2H3,(H,30,31). The lowest BCUT2D eigenvalue weighted by Crippen LogP contribution is -2.42. The lowest BCUT2D eigenvalue weighted by Gasteiger charge is -2.23. The minimum atomic E-state index is -4.52. The van der Waals surface area contributed by atoms with Crippen LogP contribution in [0.15, 0.2) is 24.5 Å². The van der Waals surface area contributed by atoms with Crippen LogP contribution in [0.5, 0.6) is 5.75 Å². The molecule has 3 aromatic rings. The van der Waals surface area contributed by atoms with Crippen LogP contribution in [0.25, 0.3) is 22.3 Å². The number of piperidine rings is 1. The molecule has 1 aromatic carbocycles. The average molecular weight is 447 g/mol. The van der Waals surface area contributed by atoms with E-state index in [-0.39, 0.29) is 35.6 Å². The first kappa shape index (κ1) is 22.1. The zero-order valence-corrected chi connectivity index (χ0v) is 17.8. The van der Waals surface area contributed by atoms with E-state index in [1.54, 1.807) is 13.8 Å². The number of fused-ring (bicyclic) bond motifs is 1. The fourth-order valence-corrected chi connectivity index (χ4v) is 4.00. The number of aryl methyl sites for hydroxylation is 1. The highest BCUT2D eigenvalue weighted by molar-refractivity contribution is 6.09. The second kappa shape index (κ2) is 8.78. The van der Waals surface area contributed by atoms with E-state index in [4.69, 9.17) is 4.74 Å². The van der Waals surface area contributed by atoms with Crippen LogP contribution < -0.4 is 15.4 Å². The van der Waals surface area contributed by atoms with Gasteiger partial charge in [0, 0.05) is 17.3 Å². The Morgan fingerprint density at radius 1 is 1.25 bits per heavy atom. The van der Waals surface area contributed by atoms with Gasteiger partial charge in [-0.25, -0.2) is 9.97 Å². The number of rotatable bonds is 5. The number of hydrogen-bond acceptors (Lipinski definition) is 5. The van der Waals surface area contributed by atoms with E-state index in [0.717, 1.165) is 38.1 Å². The van der Waals surface area contributed by atoms with Crippen molar-refractivity contribution in [3.8, 4) is 17.0 Å². The molecule has 0 atom stereocenters. The highest BCUT2D eigenvalue weighted by Gasteiger charge is 2.32. The van der Waals surface area contributed by atoms with E-state index in [0.29, 0.717) is 22.3 Å². The number of aromatic nitrogens is 3. The molecule has 0 aliphatic carbocycles. The molecule has 3 N–H and O–H groups in total. The van der Waals surface area contributed by atoms with Crippen molar-refractivity contribution in [3.63, 3.8) is 0 Å². The maximum absolute atomic E-state index is 13.4. The average Bonchev–Trinajstić information content (AvgIpc) is 3.10. The fraction of sp³-hybridized carbons (Fsp3) is 0.409. The van der Waals surface area contributed by atoms with Crippen LogP contribution in [0.2, 0.25) is 0 Å². The highest BCUT2D eigenvalue weighted by atomic mass is 19.4. The summed E-state index contributed by atoms with van der Waals surface area (Å²) in [6.45, 7) is 5.43. The zero-order valence-electron chi connectivity index (χ0n) is 17.8. The van der Waals surface area contributed by atoms with Gasteiger partial charge in [-0.3, -0.25) is 4.79 Å². The van der Waals surface area contributed by atoms with Crippen LogP contribution >= 0.6 is 0 Å². The molecule has 0 unspecified atom stereocenters. The van der Waals surface area contributed by atoms with Gasteiger partial charge < -0.3 is 20.4 Å². The van der Waals surface area contributed by atoms with Gasteiger partial charge in [0.1, 0.15) is 23.3 Å². The van der Waals surface area contributed by atoms with Crippen molar-refractivity contribution in [2.45, 2.75) is 38.9 Å². The largest absolute Gasteiger partial charge is 0.493 e. The van der Waals surface area contributed by atoms with E-state index >= 15 is 0 Å². The Hall–Kier alpha value is -3.14. The zero-order chi connectivity index (χ0) is 22.9. The fourth-order valence-electron chi connectivity index (χ4n) is 4.00. The number of nitrogens with one attached hydrogen (secondary N) is 3. The van der Waals surface area contributed by atoms with Gasteiger partial charge in [0.25, 0.3) is 5.91 Å². The topological polar surface area (TPSA) is 91.9 Å². The molecule has 1 amide bonds. The molecule has 1 fully saturated rings. The number of benzene rings is 1. The molecule has 32 heavy (non-hydrogen) atoms. The molecule has 0 saturated carbocycles. The minimum absolute atomic E-state index is 0.0578. The number of H-pyrrole nitrogens is 1. The first-order valence-electron chi connectivity index (χ1n) is 10.5. The molecule has 3 heterocycles. The Morgan fingerprint density at radius 3 is 2.69 bits per heavy atom. The number of nitrogens with zero attached hydrogens (tertiary/aromatic N) is 2. The first-order valence-corrected chi connectivity index (χ1v) is 10.5. The summed E-state index contributed by atoms with van der Waals surface area (Å²) in [5.41, 5.74) is 1.30. The first-order chi connectivity index (χ1) is 15.3. The highest BCUT2D eigenvalue weighted by Crippen LogP contribution is 2.39. The molecule has 0 spiro atoms. The van der Waals surface area contributed by atoms with Crippen molar-refractivity contribution < 1.29 is 22.7 Å². The maximum Gasteiger partial charge on any atom is 0.416 e. The van der Waals surface area contributed by atoms with Gasteiger partial charge in [0.05, 0.1) is 23.3 Å². The van der Waals surface area contributed by atoms with Crippen molar-refractivity contribution in [2.24, 2.45) is 0 Å². The number of alkyl halides is 3. The number of amides is 1. The van der Waals surface area contributed by atoms with E-state index in [1.165, 1.54) is 12.4 Å². The summed E-state index contributed by atoms with van der Waals surface area (Å²) in [6, 6.07) is 3.33. The molecule has 170 valence electrons. The van der Waals surface area contributed by atoms with Crippen molar-refractivity contribution in [1.29, 1.82) is 0 Å². The number of hydrogen-bond donors (Lipinski definition) is 3. The lowest BCUT2D eigenvalue weighted by atomic mass is 10.0. The van der Waals surface area contributed by atoms with Crippen LogP contribution in [-0.2, 0) is 6.18 Å². The number of carbonyl (C=O) groups is 1. The molecule has 1 aliphatic rings. The summed E-state index contributed by atoms with van der Waals surface area (Å²) < 4.78 is 45.7. The van der Waals surface area contributed by atoms with Crippen molar-refractivity contribution in [2.75, 3.05) is 19.7 Å². The SMILES string of the molecule is CCOc1ccc(C(F)(F)F)cc1-c1ncnc2c(C(=O)NC3CCNCC3)c(C)[nH]c12. The van der Waals surface area contributed by atoms with Crippen molar-refractivity contribution >= 4 is 16.9 Å². The van der Waals surface area contributed by atoms with Gasteiger partial charge in [-0.05, 0) is 58.0 Å². The quantitative estimate of drug-likeness (QED) is 0.553. The van der Waals surface area contributed by atoms with Gasteiger partial charge in [-0.15, -0.1) is 0 Å². The predicted molar refractivity (Wildman–Crippen MR) is 114 cm³/mol. The Bertz CT molecular complexity index is 1140. The molecular formula is C22H24F3N5O2. The van der Waals surface area contributed by atoms with Crippen LogP contribution in [0, 0.1) is 6.92 Å². The smallest absolute Gasteiger partial charge is 0.416 e. The summed E-state index contributed by atoms with van der Waals surface area (Å²) in [6.07, 6.45) is -1.61. The molecule has 1 saturated heterocycles. The number of ether oxygens (including phenoxy) is 1. The Labute approximate surface area is 182 Å². The molecule has 2 aromatic heterocycles. The summed E-state index contributed by atoms with van der Waals surface area (Å²) in [4.78, 5) is 24.6. The summed E-state index contributed by atoms with van der Waals surface area (Å²) in [5, 5.41) is 6.29. The van der Waals surface area contributed by atoms with E-state index in [9.17, 15) is 18.0 Å². The molecule has 1 aliphatic heterocycles. The van der Waals surface area contributed by atoms with Gasteiger partial charge in [-0.2, -0.15) is 13.2 Å². The maximum atomic E-state index is 13.4. The normalized spacial score (nSPS) is 15.2. The number of halogens is 3. The Morgan fingerprint density at radius 2 is 2.00 bits per heavy atom. The third-order valence-electron chi connectivity index (χ3n) is 5.53. The van der Waals surface area contributed by atoms with Crippen LogP contribution in [0.4, 0.5) is 13.2 Å². The monoisotopic (exact) mass is 447 g/mol. The van der Waals surface area contributed by atoms with Crippen LogP contribution in [-0.4, -0.2) is 46.6 Å². The molecular weight excluding hydrogens is 423 g/mol. The Balaban J connectivity index is 1.80. The summed E-state index contributed by atoms with van der Waals surface area (Å²) >= 11 is 0. The molecule has 0 radical (unpaired) electrons. The second-order valence-corrected chi connectivity index (χ2v) is 7.71.